The number of amides is 3. The molecule has 174 valence electrons. The summed E-state index contributed by atoms with van der Waals surface area (Å²) >= 11 is 0. The van der Waals surface area contributed by atoms with E-state index in [0.29, 0.717) is 28.4 Å². The summed E-state index contributed by atoms with van der Waals surface area (Å²) in [5.41, 5.74) is 3.36. The van der Waals surface area contributed by atoms with Crippen LogP contribution >= 0.6 is 0 Å². The third-order valence-electron chi connectivity index (χ3n) is 4.34. The van der Waals surface area contributed by atoms with Gasteiger partial charge < -0.3 is 20.1 Å². The van der Waals surface area contributed by atoms with Crippen LogP contribution in [0.15, 0.2) is 77.9 Å². The molecule has 0 saturated carbocycles. The molecule has 3 rings (SSSR count). The maximum Gasteiger partial charge on any atom is 0.329 e. The summed E-state index contributed by atoms with van der Waals surface area (Å²) in [5, 5.41) is 8.80. The number of nitrogens with zero attached hydrogens (tertiary/aromatic N) is 1. The highest BCUT2D eigenvalue weighted by Crippen LogP contribution is 2.22. The van der Waals surface area contributed by atoms with E-state index in [1.807, 2.05) is 0 Å². The quantitative estimate of drug-likeness (QED) is 0.269. The van der Waals surface area contributed by atoms with Crippen LogP contribution in [0.1, 0.15) is 5.56 Å². The normalized spacial score (nSPS) is 10.4. The van der Waals surface area contributed by atoms with Gasteiger partial charge in [0.2, 0.25) is 0 Å². The third-order valence-corrected chi connectivity index (χ3v) is 4.34. The second kappa shape index (κ2) is 11.8. The zero-order valence-corrected chi connectivity index (χ0v) is 18.1. The lowest BCUT2D eigenvalue weighted by molar-refractivity contribution is -0.136. The number of carbonyl (C=O) groups excluding carboxylic acids is 3. The standard InChI is InChI=1S/C24H21FN4O5/c1-33-21-9-5-3-7-19(21)28-23(31)24(32)29-26-14-16-6-2-4-8-20(16)34-15-22(30)27-18-12-10-17(25)11-13-18/h2-14H,15H2,1H3,(H,27,30)(H,28,31)(H,29,32)/b26-14-. The molecule has 10 heteroatoms. The zero-order chi connectivity index (χ0) is 24.3. The van der Waals surface area contributed by atoms with Gasteiger partial charge in [0.25, 0.3) is 5.91 Å². The SMILES string of the molecule is COc1ccccc1NC(=O)C(=O)N/N=C\c1ccccc1OCC(=O)Nc1ccc(F)cc1. The van der Waals surface area contributed by atoms with Gasteiger partial charge in [-0.2, -0.15) is 5.10 Å². The smallest absolute Gasteiger partial charge is 0.329 e. The first-order chi connectivity index (χ1) is 16.5. The summed E-state index contributed by atoms with van der Waals surface area (Å²) < 4.78 is 23.6. The predicted octanol–water partition coefficient (Wildman–Crippen LogP) is 2.94. The van der Waals surface area contributed by atoms with E-state index < -0.39 is 23.5 Å². The summed E-state index contributed by atoms with van der Waals surface area (Å²) in [4.78, 5) is 36.2. The molecule has 0 heterocycles. The number of halogens is 1. The molecule has 0 atom stereocenters. The van der Waals surface area contributed by atoms with Gasteiger partial charge in [-0.25, -0.2) is 9.82 Å². The van der Waals surface area contributed by atoms with Crippen molar-refractivity contribution in [2.45, 2.75) is 0 Å². The van der Waals surface area contributed by atoms with Crippen molar-refractivity contribution >= 4 is 35.3 Å². The van der Waals surface area contributed by atoms with Gasteiger partial charge in [0.15, 0.2) is 6.61 Å². The fourth-order valence-corrected chi connectivity index (χ4v) is 2.73. The first kappa shape index (κ1) is 23.9. The van der Waals surface area contributed by atoms with E-state index in [1.54, 1.807) is 48.5 Å². The number of hydrogen-bond donors (Lipinski definition) is 3. The first-order valence-electron chi connectivity index (χ1n) is 10.0. The summed E-state index contributed by atoms with van der Waals surface area (Å²) in [6.45, 7) is -0.310. The Kier molecular flexibility index (Phi) is 8.28. The molecule has 0 aliphatic heterocycles. The van der Waals surface area contributed by atoms with Crippen LogP contribution in [0.5, 0.6) is 11.5 Å². The minimum absolute atomic E-state index is 0.310. The van der Waals surface area contributed by atoms with Crippen molar-refractivity contribution in [3.8, 4) is 11.5 Å². The van der Waals surface area contributed by atoms with Crippen molar-refractivity contribution in [3.05, 3.63) is 84.2 Å². The van der Waals surface area contributed by atoms with Crippen LogP contribution in [0.25, 0.3) is 0 Å². The van der Waals surface area contributed by atoms with E-state index in [9.17, 15) is 18.8 Å². The topological polar surface area (TPSA) is 118 Å². The van der Waals surface area contributed by atoms with Crippen molar-refractivity contribution in [2.24, 2.45) is 5.10 Å². The van der Waals surface area contributed by atoms with Gasteiger partial charge in [-0.3, -0.25) is 14.4 Å². The Bertz CT molecular complexity index is 1200. The highest BCUT2D eigenvalue weighted by atomic mass is 19.1. The van der Waals surface area contributed by atoms with Crippen LogP contribution in [0.3, 0.4) is 0 Å². The molecule has 3 amide bonds. The van der Waals surface area contributed by atoms with Gasteiger partial charge in [-0.15, -0.1) is 0 Å². The Morgan fingerprint density at radius 1 is 0.882 bits per heavy atom. The molecule has 0 aliphatic carbocycles. The monoisotopic (exact) mass is 464 g/mol. The van der Waals surface area contributed by atoms with Crippen LogP contribution in [-0.4, -0.2) is 37.7 Å². The number of nitrogens with one attached hydrogen (secondary N) is 3. The molecule has 0 saturated heterocycles. The molecule has 0 radical (unpaired) electrons. The Hall–Kier alpha value is -4.73. The second-order valence-corrected chi connectivity index (χ2v) is 6.74. The van der Waals surface area contributed by atoms with Crippen molar-refractivity contribution in [1.82, 2.24) is 5.43 Å². The molecule has 0 unspecified atom stereocenters. The van der Waals surface area contributed by atoms with Gasteiger partial charge in [0, 0.05) is 11.3 Å². The fraction of sp³-hybridized carbons (Fsp3) is 0.0833. The molecule has 3 aromatic rings. The van der Waals surface area contributed by atoms with E-state index in [0.717, 1.165) is 0 Å². The molecule has 3 N–H and O–H groups in total. The average Bonchev–Trinajstić information content (AvgIpc) is 2.85. The molecule has 0 fully saturated rings. The molecule has 34 heavy (non-hydrogen) atoms. The Morgan fingerprint density at radius 2 is 1.56 bits per heavy atom. The van der Waals surface area contributed by atoms with Crippen molar-refractivity contribution in [3.63, 3.8) is 0 Å². The Labute approximate surface area is 194 Å². The van der Waals surface area contributed by atoms with Gasteiger partial charge in [-0.1, -0.05) is 24.3 Å². The van der Waals surface area contributed by atoms with Gasteiger partial charge in [0.05, 0.1) is 19.0 Å². The maximum atomic E-state index is 13.0. The lowest BCUT2D eigenvalue weighted by Gasteiger charge is -2.10. The highest BCUT2D eigenvalue weighted by Gasteiger charge is 2.15. The molecule has 0 aliphatic rings. The van der Waals surface area contributed by atoms with Crippen LogP contribution in [0, 0.1) is 5.82 Å². The van der Waals surface area contributed by atoms with Gasteiger partial charge >= 0.3 is 11.8 Å². The molecular formula is C24H21FN4O5. The van der Waals surface area contributed by atoms with E-state index >= 15 is 0 Å². The minimum atomic E-state index is -0.987. The number of hydrazone groups is 1. The molecule has 9 nitrogen and oxygen atoms in total. The number of ether oxygens (including phenoxy) is 2. The van der Waals surface area contributed by atoms with Crippen molar-refractivity contribution in [2.75, 3.05) is 24.4 Å². The summed E-state index contributed by atoms with van der Waals surface area (Å²) in [6, 6.07) is 18.6. The van der Waals surface area contributed by atoms with Gasteiger partial charge in [-0.05, 0) is 48.5 Å². The second-order valence-electron chi connectivity index (χ2n) is 6.74. The first-order valence-corrected chi connectivity index (χ1v) is 10.0. The predicted molar refractivity (Wildman–Crippen MR) is 124 cm³/mol. The van der Waals surface area contributed by atoms with Crippen LogP contribution in [-0.2, 0) is 14.4 Å². The number of rotatable bonds is 8. The summed E-state index contributed by atoms with van der Waals surface area (Å²) in [6.07, 6.45) is 1.28. The van der Waals surface area contributed by atoms with E-state index in [4.69, 9.17) is 9.47 Å². The number of anilines is 2. The van der Waals surface area contributed by atoms with Crippen LogP contribution in [0.2, 0.25) is 0 Å². The van der Waals surface area contributed by atoms with E-state index in [2.05, 4.69) is 21.2 Å². The van der Waals surface area contributed by atoms with E-state index in [-0.39, 0.29) is 6.61 Å². The number of benzene rings is 3. The largest absolute Gasteiger partial charge is 0.495 e. The summed E-state index contributed by atoms with van der Waals surface area (Å²) in [7, 11) is 1.45. The fourth-order valence-electron chi connectivity index (χ4n) is 2.73. The molecule has 0 bridgehead atoms. The molecule has 3 aromatic carbocycles. The Balaban J connectivity index is 1.54. The average molecular weight is 464 g/mol. The Morgan fingerprint density at radius 3 is 2.29 bits per heavy atom. The van der Waals surface area contributed by atoms with Crippen LogP contribution < -0.4 is 25.5 Å². The van der Waals surface area contributed by atoms with Crippen molar-refractivity contribution < 1.29 is 28.2 Å². The molecule has 0 aromatic heterocycles. The van der Waals surface area contributed by atoms with Gasteiger partial charge in [0.1, 0.15) is 17.3 Å². The molecular weight excluding hydrogens is 443 g/mol. The maximum absolute atomic E-state index is 13.0. The number of para-hydroxylation sites is 3. The lowest BCUT2D eigenvalue weighted by Crippen LogP contribution is -2.32. The lowest BCUT2D eigenvalue weighted by atomic mass is 10.2. The third kappa shape index (κ3) is 6.89. The van der Waals surface area contributed by atoms with E-state index in [1.165, 1.54) is 37.6 Å². The number of hydrogen-bond acceptors (Lipinski definition) is 6. The molecule has 0 spiro atoms. The number of methoxy groups -OCH3 is 1. The summed E-state index contributed by atoms with van der Waals surface area (Å²) in [5.74, 6) is -2.04. The highest BCUT2D eigenvalue weighted by molar-refractivity contribution is 6.39. The van der Waals surface area contributed by atoms with Crippen LogP contribution in [0.4, 0.5) is 15.8 Å². The van der Waals surface area contributed by atoms with Crippen molar-refractivity contribution in [1.29, 1.82) is 0 Å². The number of carbonyl (C=O) groups is 3. The minimum Gasteiger partial charge on any atom is -0.495 e. The zero-order valence-electron chi connectivity index (χ0n) is 18.1.